The third-order valence-electron chi connectivity index (χ3n) is 10.8. The number of hydrogen-bond donors (Lipinski definition) is 0. The van der Waals surface area contributed by atoms with E-state index in [1.54, 1.807) is 18.0 Å². The first-order valence-corrected chi connectivity index (χ1v) is 15.8. The molecule has 0 amide bonds. The molecule has 3 atom stereocenters. The number of pyridine rings is 2. The molecule has 4 aromatic rings. The fourth-order valence-electron chi connectivity index (χ4n) is 8.47. The van der Waals surface area contributed by atoms with Crippen molar-refractivity contribution in [3.8, 4) is 17.1 Å². The Kier molecular flexibility index (Phi) is 6.68. The molecule has 3 saturated heterocycles. The van der Waals surface area contributed by atoms with Crippen molar-refractivity contribution in [2.45, 2.75) is 63.5 Å². The number of rotatable bonds is 5. The fraction of sp³-hybridized carbons (Fsp3) is 0.625. The molecule has 0 bridgehead atoms. The van der Waals surface area contributed by atoms with Gasteiger partial charge in [-0.1, -0.05) is 0 Å². The number of ether oxygens (including phenoxy) is 2. The minimum atomic E-state index is 0.499. The summed E-state index contributed by atoms with van der Waals surface area (Å²) in [6.45, 7) is 9.08. The summed E-state index contributed by atoms with van der Waals surface area (Å²) in [4.78, 5) is 20.2. The molecule has 0 spiro atoms. The van der Waals surface area contributed by atoms with Gasteiger partial charge in [-0.15, -0.1) is 0 Å². The van der Waals surface area contributed by atoms with Gasteiger partial charge in [-0.05, 0) is 88.1 Å². The number of piperidine rings is 1. The van der Waals surface area contributed by atoms with Crippen LogP contribution in [0.2, 0.25) is 0 Å². The third kappa shape index (κ3) is 4.50. The van der Waals surface area contributed by atoms with Gasteiger partial charge in [-0.2, -0.15) is 5.10 Å². The van der Waals surface area contributed by atoms with Crippen molar-refractivity contribution in [1.82, 2.24) is 38.9 Å². The number of imidazole rings is 1. The van der Waals surface area contributed by atoms with Crippen LogP contribution in [-0.2, 0) is 11.8 Å². The Morgan fingerprint density at radius 3 is 2.40 bits per heavy atom. The van der Waals surface area contributed by atoms with E-state index in [2.05, 4.69) is 44.5 Å². The molecular formula is C32H42N8O2. The van der Waals surface area contributed by atoms with E-state index in [4.69, 9.17) is 19.4 Å². The zero-order valence-electron chi connectivity index (χ0n) is 25.1. The topological polar surface area (TPSA) is 85.8 Å². The molecule has 3 aliphatic heterocycles. The van der Waals surface area contributed by atoms with Gasteiger partial charge in [-0.25, -0.2) is 19.5 Å². The lowest BCUT2D eigenvalue weighted by Gasteiger charge is -2.37. The summed E-state index contributed by atoms with van der Waals surface area (Å²) < 4.78 is 15.1. The quantitative estimate of drug-likeness (QED) is 0.355. The number of hydrogen-bond acceptors (Lipinski definition) is 8. The van der Waals surface area contributed by atoms with Gasteiger partial charge >= 0.3 is 0 Å². The molecule has 0 aromatic carbocycles. The Labute approximate surface area is 247 Å². The first kappa shape index (κ1) is 26.5. The van der Waals surface area contributed by atoms with Crippen LogP contribution in [-0.4, -0.2) is 97.5 Å². The van der Waals surface area contributed by atoms with Gasteiger partial charge in [0.1, 0.15) is 17.7 Å². The van der Waals surface area contributed by atoms with E-state index in [1.165, 1.54) is 76.0 Å². The van der Waals surface area contributed by atoms with E-state index >= 15 is 0 Å². The molecule has 1 saturated carbocycles. The molecule has 0 N–H and O–H groups in total. The normalized spacial score (nSPS) is 26.5. The molecule has 10 nitrogen and oxygen atoms in total. The van der Waals surface area contributed by atoms with Crippen molar-refractivity contribution >= 4 is 16.8 Å². The first-order chi connectivity index (χ1) is 20.6. The Bertz CT molecular complexity index is 1590. The molecule has 4 fully saturated rings. The molecule has 0 radical (unpaired) electrons. The van der Waals surface area contributed by atoms with Gasteiger partial charge in [0.25, 0.3) is 0 Å². The highest BCUT2D eigenvalue weighted by Crippen LogP contribution is 2.43. The lowest BCUT2D eigenvalue weighted by atomic mass is 9.91. The summed E-state index contributed by atoms with van der Waals surface area (Å²) in [6.07, 6.45) is 11.1. The molecule has 1 aliphatic carbocycles. The lowest BCUT2D eigenvalue weighted by molar-refractivity contribution is 0.0380. The van der Waals surface area contributed by atoms with E-state index in [1.807, 2.05) is 12.3 Å². The number of fused-ring (bicyclic) bond motifs is 3. The number of aromatic nitrogens is 6. The van der Waals surface area contributed by atoms with Gasteiger partial charge in [0, 0.05) is 68.8 Å². The van der Waals surface area contributed by atoms with E-state index in [9.17, 15) is 0 Å². The average molecular weight is 571 g/mol. The Morgan fingerprint density at radius 1 is 0.905 bits per heavy atom. The van der Waals surface area contributed by atoms with Crippen molar-refractivity contribution in [3.63, 3.8) is 0 Å². The van der Waals surface area contributed by atoms with Crippen LogP contribution in [0.4, 0.5) is 0 Å². The summed E-state index contributed by atoms with van der Waals surface area (Å²) in [5, 5.41) is 4.33. The zero-order valence-corrected chi connectivity index (χ0v) is 25.1. The number of methoxy groups -OCH3 is 1. The van der Waals surface area contributed by atoms with Crippen LogP contribution >= 0.6 is 0 Å². The second kappa shape index (κ2) is 10.6. The molecular weight excluding hydrogens is 528 g/mol. The minimum Gasteiger partial charge on any atom is -0.493 e. The van der Waals surface area contributed by atoms with Crippen LogP contribution < -0.4 is 4.74 Å². The third-order valence-corrected chi connectivity index (χ3v) is 10.8. The van der Waals surface area contributed by atoms with Gasteiger partial charge in [-0.3, -0.25) is 4.90 Å². The largest absolute Gasteiger partial charge is 0.493 e. The standard InChI is InChI=1S/C32H42N8O2/c1-20-12-27(35-32-29(20)36-30(37(32)2)24-15-28(41-3)31-33-19-34-40(31)18-24)21-4-8-38(9-5-21)26-13-22-16-39(17-23(22)14-26)25-6-10-42-11-7-25/h12,15,18-19,21-23,25-26H,4-11,13-14,16-17H2,1-3H3/t22-,23+,26+. The summed E-state index contributed by atoms with van der Waals surface area (Å²) in [7, 11) is 3.72. The van der Waals surface area contributed by atoms with Crippen LogP contribution in [0.15, 0.2) is 24.7 Å². The molecule has 8 rings (SSSR count). The van der Waals surface area contributed by atoms with Gasteiger partial charge in [0.2, 0.25) is 0 Å². The number of likely N-dealkylation sites (tertiary alicyclic amines) is 2. The smallest absolute Gasteiger partial charge is 0.197 e. The van der Waals surface area contributed by atoms with E-state index in [-0.39, 0.29) is 0 Å². The van der Waals surface area contributed by atoms with E-state index in [0.29, 0.717) is 17.3 Å². The van der Waals surface area contributed by atoms with E-state index in [0.717, 1.165) is 59.7 Å². The maximum atomic E-state index is 5.61. The second-order valence-corrected chi connectivity index (χ2v) is 13.1. The highest BCUT2D eigenvalue weighted by Gasteiger charge is 2.44. The number of aryl methyl sites for hydroxylation is 2. The fourth-order valence-corrected chi connectivity index (χ4v) is 8.47. The Hall–Kier alpha value is -3.08. The van der Waals surface area contributed by atoms with Crippen LogP contribution in [0.1, 0.15) is 55.7 Å². The molecule has 4 aromatic heterocycles. The summed E-state index contributed by atoms with van der Waals surface area (Å²) >= 11 is 0. The Morgan fingerprint density at radius 2 is 1.67 bits per heavy atom. The first-order valence-electron chi connectivity index (χ1n) is 15.8. The van der Waals surface area contributed by atoms with Gasteiger partial charge in [0.15, 0.2) is 17.0 Å². The van der Waals surface area contributed by atoms with Crippen LogP contribution in [0, 0.1) is 18.8 Å². The second-order valence-electron chi connectivity index (χ2n) is 13.1. The highest BCUT2D eigenvalue weighted by atomic mass is 16.5. The monoisotopic (exact) mass is 570 g/mol. The average Bonchev–Trinajstić information content (AvgIpc) is 3.80. The maximum absolute atomic E-state index is 5.61. The van der Waals surface area contributed by atoms with Gasteiger partial charge in [0.05, 0.1) is 7.11 Å². The summed E-state index contributed by atoms with van der Waals surface area (Å²) in [5.74, 6) is 3.82. The van der Waals surface area contributed by atoms with Crippen molar-refractivity contribution < 1.29 is 9.47 Å². The van der Waals surface area contributed by atoms with Crippen molar-refractivity contribution in [1.29, 1.82) is 0 Å². The lowest BCUT2D eigenvalue weighted by Crippen LogP contribution is -2.42. The Balaban J connectivity index is 0.955. The molecule has 4 aliphatic rings. The van der Waals surface area contributed by atoms with Crippen LogP contribution in [0.5, 0.6) is 5.75 Å². The number of nitrogens with zero attached hydrogens (tertiary/aromatic N) is 8. The molecule has 222 valence electrons. The minimum absolute atomic E-state index is 0.499. The van der Waals surface area contributed by atoms with Crippen molar-refractivity contribution in [2.75, 3.05) is 46.5 Å². The highest BCUT2D eigenvalue weighted by molar-refractivity contribution is 5.81. The van der Waals surface area contributed by atoms with Crippen LogP contribution in [0.3, 0.4) is 0 Å². The molecule has 7 heterocycles. The summed E-state index contributed by atoms with van der Waals surface area (Å²) in [6, 6.07) is 5.80. The van der Waals surface area contributed by atoms with Crippen LogP contribution in [0.25, 0.3) is 28.2 Å². The van der Waals surface area contributed by atoms with Gasteiger partial charge < -0.3 is 18.9 Å². The maximum Gasteiger partial charge on any atom is 0.197 e. The SMILES string of the molecule is COc1cc(-c2nc3c(C)cc(C4CCN([C@H]5C[C@@H]6CN(C7CCOCC7)C[C@@H]6C5)CC4)nc3n2C)cn2ncnc12. The van der Waals surface area contributed by atoms with Crippen molar-refractivity contribution in [2.24, 2.45) is 18.9 Å². The zero-order chi connectivity index (χ0) is 28.4. The molecule has 0 unspecified atom stereocenters. The summed E-state index contributed by atoms with van der Waals surface area (Å²) in [5.41, 5.74) is 5.92. The predicted molar refractivity (Wildman–Crippen MR) is 161 cm³/mol. The van der Waals surface area contributed by atoms with Crippen molar-refractivity contribution in [3.05, 3.63) is 35.9 Å². The molecule has 10 heteroatoms. The predicted octanol–water partition coefficient (Wildman–Crippen LogP) is 4.06. The molecule has 42 heavy (non-hydrogen) atoms. The van der Waals surface area contributed by atoms with E-state index < -0.39 is 0 Å².